The summed E-state index contributed by atoms with van der Waals surface area (Å²) in [7, 11) is -2.53. The maximum atomic E-state index is 13.3. The number of halogens is 1. The summed E-state index contributed by atoms with van der Waals surface area (Å²) < 4.78 is 34.4. The maximum Gasteiger partial charge on any atom is 0.243 e. The lowest BCUT2D eigenvalue weighted by Gasteiger charge is -2.20. The standard InChI is InChI=1S/C26H23ClN2O4S/c1-33-25-14-12-21(27)17-23(25)28-26(30)24(15-18-7-3-2-4-8-18)29-34(31,32)22-13-11-19-9-5-6-10-20(19)16-22/h2-14,16-17,24,29H,15H2,1H3,(H,28,30)/t24-/m0/s1. The van der Waals surface area contributed by atoms with Gasteiger partial charge in [-0.15, -0.1) is 0 Å². The summed E-state index contributed by atoms with van der Waals surface area (Å²) in [6, 6.07) is 25.3. The Bertz CT molecular complexity index is 1430. The van der Waals surface area contributed by atoms with Crippen molar-refractivity contribution in [2.24, 2.45) is 0 Å². The molecule has 0 radical (unpaired) electrons. The third kappa shape index (κ3) is 5.56. The Balaban J connectivity index is 1.65. The van der Waals surface area contributed by atoms with Crippen LogP contribution in [-0.2, 0) is 21.2 Å². The van der Waals surface area contributed by atoms with Gasteiger partial charge < -0.3 is 10.1 Å². The van der Waals surface area contributed by atoms with Crippen LogP contribution in [0.1, 0.15) is 5.56 Å². The predicted molar refractivity (Wildman–Crippen MR) is 135 cm³/mol. The van der Waals surface area contributed by atoms with Crippen LogP contribution in [0, 0.1) is 0 Å². The van der Waals surface area contributed by atoms with Crippen molar-refractivity contribution in [1.82, 2.24) is 4.72 Å². The Kier molecular flexibility index (Phi) is 7.17. The van der Waals surface area contributed by atoms with Gasteiger partial charge in [0.1, 0.15) is 11.8 Å². The van der Waals surface area contributed by atoms with E-state index in [0.717, 1.165) is 16.3 Å². The summed E-state index contributed by atoms with van der Waals surface area (Å²) in [6.07, 6.45) is 0.155. The van der Waals surface area contributed by atoms with E-state index >= 15 is 0 Å². The second-order valence-corrected chi connectivity index (χ2v) is 9.86. The highest BCUT2D eigenvalue weighted by Crippen LogP contribution is 2.28. The second kappa shape index (κ2) is 10.3. The molecule has 4 aromatic carbocycles. The van der Waals surface area contributed by atoms with E-state index in [1.165, 1.54) is 13.2 Å². The smallest absolute Gasteiger partial charge is 0.243 e. The van der Waals surface area contributed by atoms with E-state index in [0.29, 0.717) is 16.5 Å². The summed E-state index contributed by atoms with van der Waals surface area (Å²) in [5.41, 5.74) is 1.16. The summed E-state index contributed by atoms with van der Waals surface area (Å²) in [6.45, 7) is 0. The van der Waals surface area contributed by atoms with E-state index in [2.05, 4.69) is 10.0 Å². The van der Waals surface area contributed by atoms with E-state index in [1.54, 1.807) is 30.3 Å². The molecule has 0 aromatic heterocycles. The number of amides is 1. The van der Waals surface area contributed by atoms with Crippen molar-refractivity contribution >= 4 is 44.0 Å². The first-order chi connectivity index (χ1) is 16.4. The number of sulfonamides is 1. The van der Waals surface area contributed by atoms with Crippen molar-refractivity contribution in [3.8, 4) is 5.75 Å². The lowest BCUT2D eigenvalue weighted by molar-refractivity contribution is -0.117. The topological polar surface area (TPSA) is 84.5 Å². The zero-order valence-electron chi connectivity index (χ0n) is 18.4. The van der Waals surface area contributed by atoms with Crippen molar-refractivity contribution in [2.45, 2.75) is 17.4 Å². The number of methoxy groups -OCH3 is 1. The van der Waals surface area contributed by atoms with Crippen molar-refractivity contribution in [2.75, 3.05) is 12.4 Å². The molecular weight excluding hydrogens is 472 g/mol. The number of benzene rings is 4. The fourth-order valence-corrected chi connectivity index (χ4v) is 5.03. The summed E-state index contributed by atoms with van der Waals surface area (Å²) in [5, 5.41) is 4.87. The number of rotatable bonds is 8. The Labute approximate surface area is 203 Å². The van der Waals surface area contributed by atoms with Gasteiger partial charge in [-0.1, -0.05) is 72.3 Å². The molecule has 8 heteroatoms. The van der Waals surface area contributed by atoms with Gasteiger partial charge in [0.25, 0.3) is 0 Å². The lowest BCUT2D eigenvalue weighted by atomic mass is 10.1. The van der Waals surface area contributed by atoms with Crippen molar-refractivity contribution in [3.63, 3.8) is 0 Å². The van der Waals surface area contributed by atoms with Crippen LogP contribution in [-0.4, -0.2) is 27.5 Å². The highest BCUT2D eigenvalue weighted by Gasteiger charge is 2.27. The Morgan fingerprint density at radius 1 is 0.912 bits per heavy atom. The molecule has 174 valence electrons. The van der Waals surface area contributed by atoms with Crippen LogP contribution in [0.25, 0.3) is 10.8 Å². The number of nitrogens with one attached hydrogen (secondary N) is 2. The van der Waals surface area contributed by atoms with Gasteiger partial charge in [-0.05, 0) is 53.1 Å². The van der Waals surface area contributed by atoms with E-state index in [4.69, 9.17) is 16.3 Å². The molecule has 6 nitrogen and oxygen atoms in total. The van der Waals surface area contributed by atoms with Crippen molar-refractivity contribution in [3.05, 3.63) is 102 Å². The number of carbonyl (C=O) groups is 1. The Morgan fingerprint density at radius 3 is 2.35 bits per heavy atom. The molecular formula is C26H23ClN2O4S. The molecule has 0 bridgehead atoms. The van der Waals surface area contributed by atoms with E-state index < -0.39 is 22.0 Å². The number of anilines is 1. The monoisotopic (exact) mass is 494 g/mol. The predicted octanol–water partition coefficient (Wildman–Crippen LogP) is 5.03. The molecule has 0 saturated carbocycles. The van der Waals surface area contributed by atoms with Crippen LogP contribution < -0.4 is 14.8 Å². The van der Waals surface area contributed by atoms with Gasteiger partial charge in [0.05, 0.1) is 17.7 Å². The molecule has 34 heavy (non-hydrogen) atoms. The molecule has 0 aliphatic heterocycles. The fourth-order valence-electron chi connectivity index (χ4n) is 3.63. The third-order valence-corrected chi connectivity index (χ3v) is 7.05. The minimum atomic E-state index is -4.00. The molecule has 2 N–H and O–H groups in total. The van der Waals surface area contributed by atoms with Crippen LogP contribution in [0.4, 0.5) is 5.69 Å². The molecule has 4 rings (SSSR count). The first-order valence-electron chi connectivity index (χ1n) is 10.6. The zero-order chi connectivity index (χ0) is 24.1. The molecule has 0 unspecified atom stereocenters. The molecule has 0 aliphatic rings. The Morgan fingerprint density at radius 2 is 1.62 bits per heavy atom. The van der Waals surface area contributed by atoms with Crippen molar-refractivity contribution < 1.29 is 17.9 Å². The molecule has 0 spiro atoms. The SMILES string of the molecule is COc1ccc(Cl)cc1NC(=O)[C@H](Cc1ccccc1)NS(=O)(=O)c1ccc2ccccc2c1. The number of ether oxygens (including phenoxy) is 1. The second-order valence-electron chi connectivity index (χ2n) is 7.71. The molecule has 0 aliphatic carbocycles. The maximum absolute atomic E-state index is 13.3. The number of carbonyl (C=O) groups excluding carboxylic acids is 1. The van der Waals surface area contributed by atoms with Gasteiger partial charge in [-0.2, -0.15) is 4.72 Å². The number of fused-ring (bicyclic) bond motifs is 1. The summed E-state index contributed by atoms with van der Waals surface area (Å²) >= 11 is 6.08. The van der Waals surface area contributed by atoms with Gasteiger partial charge in [0.2, 0.25) is 15.9 Å². The molecule has 0 heterocycles. The fraction of sp³-hybridized carbons (Fsp3) is 0.115. The van der Waals surface area contributed by atoms with E-state index in [1.807, 2.05) is 54.6 Å². The van der Waals surface area contributed by atoms with Crippen LogP contribution in [0.2, 0.25) is 5.02 Å². The van der Waals surface area contributed by atoms with Gasteiger partial charge in [0.15, 0.2) is 0 Å². The minimum Gasteiger partial charge on any atom is -0.495 e. The van der Waals surface area contributed by atoms with Crippen LogP contribution in [0.5, 0.6) is 5.75 Å². The van der Waals surface area contributed by atoms with Gasteiger partial charge >= 0.3 is 0 Å². The van der Waals surface area contributed by atoms with Gasteiger partial charge in [-0.3, -0.25) is 4.79 Å². The highest BCUT2D eigenvalue weighted by atomic mass is 35.5. The van der Waals surface area contributed by atoms with Crippen LogP contribution in [0.15, 0.2) is 95.9 Å². The lowest BCUT2D eigenvalue weighted by Crippen LogP contribution is -2.45. The molecule has 4 aromatic rings. The molecule has 1 amide bonds. The molecule has 0 fully saturated rings. The Hall–Kier alpha value is -3.39. The first-order valence-corrected chi connectivity index (χ1v) is 12.4. The highest BCUT2D eigenvalue weighted by molar-refractivity contribution is 7.89. The average Bonchev–Trinajstić information content (AvgIpc) is 2.84. The zero-order valence-corrected chi connectivity index (χ0v) is 19.9. The quantitative estimate of drug-likeness (QED) is 0.360. The van der Waals surface area contributed by atoms with Gasteiger partial charge in [0, 0.05) is 5.02 Å². The average molecular weight is 495 g/mol. The first kappa shape index (κ1) is 23.8. The number of hydrogen-bond acceptors (Lipinski definition) is 4. The molecule has 0 saturated heterocycles. The normalized spacial score (nSPS) is 12.3. The van der Waals surface area contributed by atoms with Crippen LogP contribution in [0.3, 0.4) is 0 Å². The van der Waals surface area contributed by atoms with E-state index in [9.17, 15) is 13.2 Å². The largest absolute Gasteiger partial charge is 0.495 e. The van der Waals surface area contributed by atoms with Crippen LogP contribution >= 0.6 is 11.6 Å². The van der Waals surface area contributed by atoms with Gasteiger partial charge in [-0.25, -0.2) is 8.42 Å². The summed E-state index contributed by atoms with van der Waals surface area (Å²) in [5.74, 6) is -0.123. The minimum absolute atomic E-state index is 0.0809. The van der Waals surface area contributed by atoms with E-state index in [-0.39, 0.29) is 11.3 Å². The van der Waals surface area contributed by atoms with Crippen molar-refractivity contribution in [1.29, 1.82) is 0 Å². The number of hydrogen-bond donors (Lipinski definition) is 2. The molecule has 1 atom stereocenters. The summed E-state index contributed by atoms with van der Waals surface area (Å²) in [4.78, 5) is 13.4. The third-order valence-electron chi connectivity index (χ3n) is 5.35.